The van der Waals surface area contributed by atoms with Crippen molar-refractivity contribution in [3.8, 4) is 5.75 Å². The molecule has 0 bridgehead atoms. The van der Waals surface area contributed by atoms with Crippen molar-refractivity contribution in [3.63, 3.8) is 0 Å². The Hall–Kier alpha value is -1.10. The van der Waals surface area contributed by atoms with E-state index in [4.69, 9.17) is 9.47 Å². The van der Waals surface area contributed by atoms with Crippen LogP contribution in [0.4, 0.5) is 0 Å². The number of morpholine rings is 1. The highest BCUT2D eigenvalue weighted by atomic mass is 16.5. The van der Waals surface area contributed by atoms with Gasteiger partial charge in [-0.1, -0.05) is 13.0 Å². The highest BCUT2D eigenvalue weighted by Gasteiger charge is 2.18. The van der Waals surface area contributed by atoms with E-state index in [0.29, 0.717) is 12.1 Å². The van der Waals surface area contributed by atoms with Crippen LogP contribution in [-0.2, 0) is 11.3 Å². The maximum absolute atomic E-state index is 5.61. The molecule has 1 N–H and O–H groups in total. The third-order valence-corrected chi connectivity index (χ3v) is 4.03. The molecule has 21 heavy (non-hydrogen) atoms. The lowest BCUT2D eigenvalue weighted by Gasteiger charge is -2.31. The summed E-state index contributed by atoms with van der Waals surface area (Å²) in [5, 5.41) is 3.46. The molecule has 4 nitrogen and oxygen atoms in total. The molecular formula is C17H28N2O2. The van der Waals surface area contributed by atoms with Gasteiger partial charge in [0, 0.05) is 31.2 Å². The second-order valence-electron chi connectivity index (χ2n) is 5.77. The molecule has 1 aromatic rings. The molecule has 1 heterocycles. The number of nitrogens with one attached hydrogen (secondary N) is 1. The summed E-state index contributed by atoms with van der Waals surface area (Å²) < 4.78 is 11.1. The van der Waals surface area contributed by atoms with E-state index in [1.54, 1.807) is 7.11 Å². The summed E-state index contributed by atoms with van der Waals surface area (Å²) in [6, 6.07) is 6.87. The van der Waals surface area contributed by atoms with E-state index in [1.807, 2.05) is 0 Å². The summed E-state index contributed by atoms with van der Waals surface area (Å²) in [6.07, 6.45) is 0.314. The topological polar surface area (TPSA) is 33.7 Å². The van der Waals surface area contributed by atoms with E-state index in [2.05, 4.69) is 49.2 Å². The zero-order valence-electron chi connectivity index (χ0n) is 13.7. The SMILES string of the molecule is CCNC(C)c1ccc(OC)c(CN2CCOC(C)C2)c1. The Labute approximate surface area is 128 Å². The molecule has 1 aliphatic rings. The highest BCUT2D eigenvalue weighted by Crippen LogP contribution is 2.25. The fraction of sp³-hybridized carbons (Fsp3) is 0.647. The Kier molecular flexibility index (Phi) is 6.03. The summed E-state index contributed by atoms with van der Waals surface area (Å²) in [5.74, 6) is 0.974. The lowest BCUT2D eigenvalue weighted by atomic mass is 10.0. The molecule has 1 fully saturated rings. The average Bonchev–Trinajstić information content (AvgIpc) is 2.47. The predicted octanol–water partition coefficient (Wildman–Crippen LogP) is 2.59. The van der Waals surface area contributed by atoms with Crippen molar-refractivity contribution in [2.75, 3.05) is 33.4 Å². The van der Waals surface area contributed by atoms with Crippen molar-refractivity contribution in [1.29, 1.82) is 0 Å². The van der Waals surface area contributed by atoms with Crippen LogP contribution >= 0.6 is 0 Å². The van der Waals surface area contributed by atoms with Crippen molar-refractivity contribution in [2.45, 2.75) is 39.5 Å². The Morgan fingerprint density at radius 2 is 2.29 bits per heavy atom. The minimum atomic E-state index is 0.314. The van der Waals surface area contributed by atoms with Gasteiger partial charge in [-0.15, -0.1) is 0 Å². The van der Waals surface area contributed by atoms with Crippen LogP contribution in [0.25, 0.3) is 0 Å². The second kappa shape index (κ2) is 7.78. The van der Waals surface area contributed by atoms with Crippen molar-refractivity contribution in [3.05, 3.63) is 29.3 Å². The Morgan fingerprint density at radius 3 is 2.95 bits per heavy atom. The summed E-state index contributed by atoms with van der Waals surface area (Å²) >= 11 is 0. The molecule has 0 aromatic heterocycles. The standard InChI is InChI=1S/C17H28N2O2/c1-5-18-14(3)15-6-7-17(20-4)16(10-15)12-19-8-9-21-13(2)11-19/h6-7,10,13-14,18H,5,8-9,11-12H2,1-4H3. The van der Waals surface area contributed by atoms with Crippen LogP contribution in [-0.4, -0.2) is 44.4 Å². The lowest BCUT2D eigenvalue weighted by Crippen LogP contribution is -2.40. The molecule has 2 atom stereocenters. The van der Waals surface area contributed by atoms with Gasteiger partial charge in [-0.3, -0.25) is 4.90 Å². The first-order valence-electron chi connectivity index (χ1n) is 7.88. The zero-order chi connectivity index (χ0) is 15.2. The Bertz CT molecular complexity index is 450. The fourth-order valence-electron chi connectivity index (χ4n) is 2.89. The van der Waals surface area contributed by atoms with E-state index < -0.39 is 0 Å². The minimum absolute atomic E-state index is 0.314. The smallest absolute Gasteiger partial charge is 0.123 e. The maximum Gasteiger partial charge on any atom is 0.123 e. The van der Waals surface area contributed by atoms with Gasteiger partial charge in [-0.2, -0.15) is 0 Å². The highest BCUT2D eigenvalue weighted by molar-refractivity contribution is 5.38. The maximum atomic E-state index is 5.61. The molecule has 4 heteroatoms. The van der Waals surface area contributed by atoms with Gasteiger partial charge in [0.15, 0.2) is 0 Å². The van der Waals surface area contributed by atoms with E-state index in [-0.39, 0.29) is 0 Å². The molecule has 1 aliphatic heterocycles. The summed E-state index contributed by atoms with van der Waals surface area (Å²) in [6.45, 7) is 11.1. The number of methoxy groups -OCH3 is 1. The van der Waals surface area contributed by atoms with Gasteiger partial charge in [-0.05, 0) is 38.1 Å². The third kappa shape index (κ3) is 4.43. The number of nitrogens with zero attached hydrogens (tertiary/aromatic N) is 1. The summed E-state index contributed by atoms with van der Waals surface area (Å²) in [5.41, 5.74) is 2.57. The average molecular weight is 292 g/mol. The van der Waals surface area contributed by atoms with E-state index in [0.717, 1.165) is 38.5 Å². The van der Waals surface area contributed by atoms with Crippen LogP contribution in [0.3, 0.4) is 0 Å². The predicted molar refractivity (Wildman–Crippen MR) is 85.8 cm³/mol. The van der Waals surface area contributed by atoms with Crippen LogP contribution in [0.1, 0.15) is 37.9 Å². The molecule has 2 rings (SSSR count). The monoisotopic (exact) mass is 292 g/mol. The first kappa shape index (κ1) is 16.3. The van der Waals surface area contributed by atoms with Crippen LogP contribution < -0.4 is 10.1 Å². The van der Waals surface area contributed by atoms with E-state index in [9.17, 15) is 0 Å². The van der Waals surface area contributed by atoms with Gasteiger partial charge in [0.25, 0.3) is 0 Å². The number of rotatable bonds is 6. The van der Waals surface area contributed by atoms with E-state index in [1.165, 1.54) is 11.1 Å². The fourth-order valence-corrected chi connectivity index (χ4v) is 2.89. The van der Waals surface area contributed by atoms with Crippen LogP contribution in [0.5, 0.6) is 5.75 Å². The lowest BCUT2D eigenvalue weighted by molar-refractivity contribution is -0.0214. The van der Waals surface area contributed by atoms with Gasteiger partial charge in [0.1, 0.15) is 5.75 Å². The van der Waals surface area contributed by atoms with Crippen molar-refractivity contribution in [2.24, 2.45) is 0 Å². The van der Waals surface area contributed by atoms with Crippen LogP contribution in [0.2, 0.25) is 0 Å². The molecule has 0 amide bonds. The molecule has 1 saturated heterocycles. The minimum Gasteiger partial charge on any atom is -0.496 e. The summed E-state index contributed by atoms with van der Waals surface area (Å²) in [7, 11) is 1.74. The molecule has 0 aliphatic carbocycles. The summed E-state index contributed by atoms with van der Waals surface area (Å²) in [4.78, 5) is 2.44. The van der Waals surface area contributed by atoms with Gasteiger partial charge in [-0.25, -0.2) is 0 Å². The van der Waals surface area contributed by atoms with Gasteiger partial charge in [0.05, 0.1) is 19.8 Å². The Balaban J connectivity index is 2.13. The van der Waals surface area contributed by atoms with Gasteiger partial charge >= 0.3 is 0 Å². The zero-order valence-corrected chi connectivity index (χ0v) is 13.7. The quantitative estimate of drug-likeness (QED) is 0.874. The normalized spacial score (nSPS) is 21.2. The molecule has 2 unspecified atom stereocenters. The van der Waals surface area contributed by atoms with Gasteiger partial charge in [0.2, 0.25) is 0 Å². The van der Waals surface area contributed by atoms with Crippen LogP contribution in [0, 0.1) is 0 Å². The number of hydrogen-bond donors (Lipinski definition) is 1. The second-order valence-corrected chi connectivity index (χ2v) is 5.77. The van der Waals surface area contributed by atoms with Crippen molar-refractivity contribution < 1.29 is 9.47 Å². The molecular weight excluding hydrogens is 264 g/mol. The molecule has 0 spiro atoms. The first-order chi connectivity index (χ1) is 10.1. The van der Waals surface area contributed by atoms with Crippen molar-refractivity contribution in [1.82, 2.24) is 10.2 Å². The van der Waals surface area contributed by atoms with Crippen LogP contribution in [0.15, 0.2) is 18.2 Å². The Morgan fingerprint density at radius 1 is 1.48 bits per heavy atom. The molecule has 118 valence electrons. The first-order valence-corrected chi connectivity index (χ1v) is 7.88. The molecule has 1 aromatic carbocycles. The largest absolute Gasteiger partial charge is 0.496 e. The van der Waals surface area contributed by atoms with E-state index >= 15 is 0 Å². The number of benzene rings is 1. The molecule has 0 radical (unpaired) electrons. The number of ether oxygens (including phenoxy) is 2. The third-order valence-electron chi connectivity index (χ3n) is 4.03. The number of hydrogen-bond acceptors (Lipinski definition) is 4. The molecule has 0 saturated carbocycles. The van der Waals surface area contributed by atoms with Crippen molar-refractivity contribution >= 4 is 0 Å². The van der Waals surface area contributed by atoms with Gasteiger partial charge < -0.3 is 14.8 Å².